The topological polar surface area (TPSA) is 61.0 Å². The van der Waals surface area contributed by atoms with Crippen molar-refractivity contribution < 1.29 is 9.18 Å². The summed E-state index contributed by atoms with van der Waals surface area (Å²) in [7, 11) is 0. The summed E-state index contributed by atoms with van der Waals surface area (Å²) in [6.07, 6.45) is 6.09. The largest absolute Gasteiger partial charge is 0.353 e. The highest BCUT2D eigenvalue weighted by molar-refractivity contribution is 5.76. The first-order valence-corrected chi connectivity index (χ1v) is 9.53. The van der Waals surface area contributed by atoms with E-state index in [4.69, 9.17) is 0 Å². The number of amides is 1. The van der Waals surface area contributed by atoms with E-state index in [0.717, 1.165) is 61.7 Å². The lowest BCUT2D eigenvalue weighted by Gasteiger charge is -2.25. The smallest absolute Gasteiger partial charge is 0.221 e. The summed E-state index contributed by atoms with van der Waals surface area (Å²) in [4.78, 5) is 22.4. The van der Waals surface area contributed by atoms with Crippen LogP contribution in [0.4, 0.5) is 4.39 Å². The highest BCUT2D eigenvalue weighted by Gasteiger charge is 2.22. The summed E-state index contributed by atoms with van der Waals surface area (Å²) in [5.41, 5.74) is 2.89. The molecule has 1 aromatic heterocycles. The van der Waals surface area contributed by atoms with Gasteiger partial charge in [-0.15, -0.1) is 0 Å². The van der Waals surface area contributed by atoms with E-state index in [0.29, 0.717) is 12.5 Å². The number of rotatable bonds is 5. The summed E-state index contributed by atoms with van der Waals surface area (Å²) in [6, 6.07) is 6.87. The van der Waals surface area contributed by atoms with Gasteiger partial charge in [0, 0.05) is 44.1 Å². The van der Waals surface area contributed by atoms with Crippen LogP contribution in [0.15, 0.2) is 24.3 Å². The highest BCUT2D eigenvalue weighted by Crippen LogP contribution is 2.23. The number of benzene rings is 1. The summed E-state index contributed by atoms with van der Waals surface area (Å²) in [5.74, 6) is 0.620. The lowest BCUT2D eigenvalue weighted by atomic mass is 10.1. The molecule has 0 spiro atoms. The maximum atomic E-state index is 13.4. The van der Waals surface area contributed by atoms with Gasteiger partial charge in [0.25, 0.3) is 0 Å². The van der Waals surface area contributed by atoms with E-state index in [1.54, 1.807) is 6.07 Å². The molecule has 6 heteroatoms. The summed E-state index contributed by atoms with van der Waals surface area (Å²) >= 11 is 0. The van der Waals surface area contributed by atoms with Crippen molar-refractivity contribution in [3.8, 4) is 11.4 Å². The Balaban J connectivity index is 1.33. The van der Waals surface area contributed by atoms with Gasteiger partial charge in [-0.2, -0.15) is 0 Å². The fourth-order valence-corrected chi connectivity index (χ4v) is 3.94. The fraction of sp³-hybridized carbons (Fsp3) is 0.500. The van der Waals surface area contributed by atoms with E-state index in [-0.39, 0.29) is 11.7 Å². The molecule has 138 valence electrons. The zero-order valence-electron chi connectivity index (χ0n) is 14.9. The summed E-state index contributed by atoms with van der Waals surface area (Å²) in [6.45, 7) is 2.41. The maximum Gasteiger partial charge on any atom is 0.221 e. The van der Waals surface area contributed by atoms with E-state index >= 15 is 0 Å². The van der Waals surface area contributed by atoms with E-state index in [1.165, 1.54) is 25.0 Å². The molecule has 2 aromatic rings. The van der Waals surface area contributed by atoms with Gasteiger partial charge in [-0.3, -0.25) is 9.69 Å². The number of imidazole rings is 1. The quantitative estimate of drug-likeness (QED) is 0.866. The van der Waals surface area contributed by atoms with Crippen LogP contribution in [0, 0.1) is 5.82 Å². The second kappa shape index (κ2) is 7.58. The maximum absolute atomic E-state index is 13.4. The van der Waals surface area contributed by atoms with Crippen LogP contribution in [-0.2, 0) is 17.8 Å². The molecular formula is C20H25FN4O. The summed E-state index contributed by atoms with van der Waals surface area (Å²) in [5, 5.41) is 3.15. The van der Waals surface area contributed by atoms with Gasteiger partial charge >= 0.3 is 0 Å². The average Bonchev–Trinajstić information content (AvgIpc) is 3.29. The van der Waals surface area contributed by atoms with Crippen molar-refractivity contribution in [2.45, 2.75) is 51.1 Å². The Hall–Kier alpha value is -2.21. The number of carbonyl (C=O) groups is 1. The van der Waals surface area contributed by atoms with Gasteiger partial charge in [0.05, 0.1) is 11.4 Å². The monoisotopic (exact) mass is 356 g/mol. The van der Waals surface area contributed by atoms with Crippen LogP contribution >= 0.6 is 0 Å². The Kier molecular flexibility index (Phi) is 5.02. The minimum absolute atomic E-state index is 0.160. The minimum Gasteiger partial charge on any atom is -0.353 e. The van der Waals surface area contributed by atoms with Crippen molar-refractivity contribution in [3.05, 3.63) is 41.5 Å². The number of aromatic nitrogens is 2. The van der Waals surface area contributed by atoms with Gasteiger partial charge in [0.15, 0.2) is 0 Å². The lowest BCUT2D eigenvalue weighted by molar-refractivity contribution is -0.122. The Labute approximate surface area is 153 Å². The Bertz CT molecular complexity index is 782. The summed E-state index contributed by atoms with van der Waals surface area (Å²) < 4.78 is 13.4. The molecule has 1 aromatic carbocycles. The standard InChI is InChI=1S/C20H25FN4O/c21-15-5-3-4-14(12-15)20-23-17-8-10-25(13-18(17)24-20)11-9-19(26)22-16-6-1-2-7-16/h3-5,12,16H,1-2,6-11,13H2,(H,22,26)(H,23,24). The van der Waals surface area contributed by atoms with Gasteiger partial charge in [0.1, 0.15) is 11.6 Å². The molecule has 0 bridgehead atoms. The third-order valence-corrected chi connectivity index (χ3v) is 5.38. The van der Waals surface area contributed by atoms with E-state index in [1.807, 2.05) is 6.07 Å². The number of carbonyl (C=O) groups excluding carboxylic acids is 1. The molecule has 0 saturated heterocycles. The predicted octanol–water partition coefficient (Wildman–Crippen LogP) is 3.02. The van der Waals surface area contributed by atoms with Crippen molar-refractivity contribution in [1.29, 1.82) is 0 Å². The predicted molar refractivity (Wildman–Crippen MR) is 98.0 cm³/mol. The van der Waals surface area contributed by atoms with E-state index < -0.39 is 0 Å². The van der Waals surface area contributed by atoms with Crippen molar-refractivity contribution >= 4 is 5.91 Å². The number of hydrogen-bond acceptors (Lipinski definition) is 3. The van der Waals surface area contributed by atoms with Crippen molar-refractivity contribution in [1.82, 2.24) is 20.2 Å². The molecule has 1 aliphatic heterocycles. The number of fused-ring (bicyclic) bond motifs is 1. The van der Waals surface area contributed by atoms with Gasteiger partial charge in [-0.05, 0) is 25.0 Å². The van der Waals surface area contributed by atoms with Crippen LogP contribution in [-0.4, -0.2) is 39.9 Å². The molecule has 1 saturated carbocycles. The Morgan fingerprint density at radius 1 is 1.35 bits per heavy atom. The molecule has 1 fully saturated rings. The zero-order chi connectivity index (χ0) is 17.9. The van der Waals surface area contributed by atoms with Crippen LogP contribution < -0.4 is 5.32 Å². The van der Waals surface area contributed by atoms with Gasteiger partial charge in [-0.25, -0.2) is 9.37 Å². The normalized spacial score (nSPS) is 18.0. The third kappa shape index (κ3) is 3.96. The molecule has 0 unspecified atom stereocenters. The molecule has 4 rings (SSSR count). The minimum atomic E-state index is -0.258. The highest BCUT2D eigenvalue weighted by atomic mass is 19.1. The molecule has 2 N–H and O–H groups in total. The second-order valence-corrected chi connectivity index (χ2v) is 7.35. The fourth-order valence-electron chi connectivity index (χ4n) is 3.94. The third-order valence-electron chi connectivity index (χ3n) is 5.38. The Morgan fingerprint density at radius 2 is 2.19 bits per heavy atom. The molecule has 0 atom stereocenters. The van der Waals surface area contributed by atoms with Crippen molar-refractivity contribution in [2.24, 2.45) is 0 Å². The van der Waals surface area contributed by atoms with Gasteiger partial charge in [0.2, 0.25) is 5.91 Å². The van der Waals surface area contributed by atoms with Crippen LogP contribution in [0.3, 0.4) is 0 Å². The molecule has 1 aliphatic carbocycles. The molecule has 2 aliphatic rings. The number of H-pyrrole nitrogens is 1. The number of aromatic amines is 1. The van der Waals surface area contributed by atoms with Crippen molar-refractivity contribution in [2.75, 3.05) is 13.1 Å². The molecule has 5 nitrogen and oxygen atoms in total. The first-order chi connectivity index (χ1) is 12.7. The van der Waals surface area contributed by atoms with Gasteiger partial charge < -0.3 is 10.3 Å². The number of hydrogen-bond donors (Lipinski definition) is 2. The van der Waals surface area contributed by atoms with Crippen LogP contribution in [0.5, 0.6) is 0 Å². The van der Waals surface area contributed by atoms with Gasteiger partial charge in [-0.1, -0.05) is 25.0 Å². The molecule has 0 radical (unpaired) electrons. The number of nitrogens with one attached hydrogen (secondary N) is 2. The molecule has 2 heterocycles. The average molecular weight is 356 g/mol. The van der Waals surface area contributed by atoms with E-state index in [2.05, 4.69) is 20.2 Å². The zero-order valence-corrected chi connectivity index (χ0v) is 14.9. The van der Waals surface area contributed by atoms with Crippen LogP contribution in [0.2, 0.25) is 0 Å². The first-order valence-electron chi connectivity index (χ1n) is 9.53. The number of halogens is 1. The molecular weight excluding hydrogens is 331 g/mol. The van der Waals surface area contributed by atoms with Crippen molar-refractivity contribution in [3.63, 3.8) is 0 Å². The number of nitrogens with zero attached hydrogens (tertiary/aromatic N) is 2. The Morgan fingerprint density at radius 3 is 3.00 bits per heavy atom. The SMILES string of the molecule is O=C(CCN1CCc2nc(-c3cccc(F)c3)[nH]c2C1)NC1CCCC1. The first kappa shape index (κ1) is 17.2. The van der Waals surface area contributed by atoms with Crippen LogP contribution in [0.1, 0.15) is 43.5 Å². The van der Waals surface area contributed by atoms with Crippen LogP contribution in [0.25, 0.3) is 11.4 Å². The molecule has 26 heavy (non-hydrogen) atoms. The molecule has 1 amide bonds. The van der Waals surface area contributed by atoms with E-state index in [9.17, 15) is 9.18 Å². The second-order valence-electron chi connectivity index (χ2n) is 7.35. The lowest BCUT2D eigenvalue weighted by Crippen LogP contribution is -2.37.